The van der Waals surface area contributed by atoms with Gasteiger partial charge in [0.2, 0.25) is 5.91 Å². The van der Waals surface area contributed by atoms with E-state index in [0.717, 1.165) is 18.7 Å². The van der Waals surface area contributed by atoms with Crippen molar-refractivity contribution in [1.29, 1.82) is 0 Å². The summed E-state index contributed by atoms with van der Waals surface area (Å²) in [4.78, 5) is 13.1. The third-order valence-corrected chi connectivity index (χ3v) is 3.24. The number of carbonyl (C=O) groups is 1. The minimum atomic E-state index is -0.240. The second kappa shape index (κ2) is 4.52. The number of anilines is 1. The maximum atomic E-state index is 11.1. The van der Waals surface area contributed by atoms with Crippen LogP contribution in [0.5, 0.6) is 0 Å². The van der Waals surface area contributed by atoms with E-state index < -0.39 is 0 Å². The summed E-state index contributed by atoms with van der Waals surface area (Å²) < 4.78 is 0. The minimum absolute atomic E-state index is 0.0715. The van der Waals surface area contributed by atoms with Crippen molar-refractivity contribution in [3.63, 3.8) is 0 Å². The highest BCUT2D eigenvalue weighted by Gasteiger charge is 2.26. The van der Waals surface area contributed by atoms with Crippen LogP contribution < -0.4 is 10.6 Å². The molecule has 0 aromatic heterocycles. The first kappa shape index (κ1) is 11.6. The van der Waals surface area contributed by atoms with Crippen molar-refractivity contribution in [2.75, 3.05) is 18.0 Å². The van der Waals surface area contributed by atoms with Crippen molar-refractivity contribution in [2.24, 2.45) is 11.7 Å². The topological polar surface area (TPSA) is 46.3 Å². The van der Waals surface area contributed by atoms with Crippen molar-refractivity contribution in [3.05, 3.63) is 28.2 Å². The Labute approximate surface area is 104 Å². The SMILES string of the molecule is NC(=O)C1CCN(c2cc(Cl)cc(Cl)c2)C1. The summed E-state index contributed by atoms with van der Waals surface area (Å²) in [6.07, 6.45) is 0.791. The molecule has 0 radical (unpaired) electrons. The Bertz CT molecular complexity index is 402. The Morgan fingerprint density at radius 3 is 2.44 bits per heavy atom. The fourth-order valence-corrected chi connectivity index (χ4v) is 2.46. The van der Waals surface area contributed by atoms with E-state index in [4.69, 9.17) is 28.9 Å². The summed E-state index contributed by atoms with van der Waals surface area (Å²) in [5, 5.41) is 1.20. The highest BCUT2D eigenvalue weighted by molar-refractivity contribution is 6.35. The largest absolute Gasteiger partial charge is 0.371 e. The molecule has 0 spiro atoms. The average Bonchev–Trinajstić information content (AvgIpc) is 2.64. The van der Waals surface area contributed by atoms with Gasteiger partial charge in [-0.1, -0.05) is 23.2 Å². The van der Waals surface area contributed by atoms with Gasteiger partial charge in [-0.3, -0.25) is 4.79 Å². The van der Waals surface area contributed by atoms with Crippen LogP contribution in [0.15, 0.2) is 18.2 Å². The molecule has 1 aliphatic rings. The first-order valence-corrected chi connectivity index (χ1v) is 5.82. The molecule has 1 fully saturated rings. The van der Waals surface area contributed by atoms with E-state index in [2.05, 4.69) is 4.90 Å². The number of rotatable bonds is 2. The van der Waals surface area contributed by atoms with E-state index in [9.17, 15) is 4.79 Å². The molecule has 1 unspecified atom stereocenters. The third-order valence-electron chi connectivity index (χ3n) is 2.80. The summed E-state index contributed by atoms with van der Waals surface area (Å²) in [6.45, 7) is 1.45. The van der Waals surface area contributed by atoms with Crippen molar-refractivity contribution >= 4 is 34.8 Å². The zero-order chi connectivity index (χ0) is 11.7. The Balaban J connectivity index is 2.17. The number of carbonyl (C=O) groups excluding carboxylic acids is 1. The lowest BCUT2D eigenvalue weighted by atomic mass is 10.1. The Kier molecular flexibility index (Phi) is 3.26. The maximum absolute atomic E-state index is 11.1. The smallest absolute Gasteiger partial charge is 0.222 e. The standard InChI is InChI=1S/C11H12Cl2N2O/c12-8-3-9(13)5-10(4-8)15-2-1-7(6-15)11(14)16/h3-5,7H,1-2,6H2,(H2,14,16). The van der Waals surface area contributed by atoms with Crippen LogP contribution in [0, 0.1) is 5.92 Å². The molecule has 2 rings (SSSR count). The second-order valence-electron chi connectivity index (χ2n) is 3.96. The Hall–Kier alpha value is -0.930. The molecular weight excluding hydrogens is 247 g/mol. The van der Waals surface area contributed by atoms with Gasteiger partial charge >= 0.3 is 0 Å². The molecule has 0 saturated carbocycles. The summed E-state index contributed by atoms with van der Waals surface area (Å²) >= 11 is 11.8. The molecule has 1 atom stereocenters. The number of amides is 1. The van der Waals surface area contributed by atoms with Gasteiger partial charge < -0.3 is 10.6 Å². The lowest BCUT2D eigenvalue weighted by Gasteiger charge is -2.18. The van der Waals surface area contributed by atoms with Gasteiger partial charge in [0.15, 0.2) is 0 Å². The number of benzene rings is 1. The van der Waals surface area contributed by atoms with Crippen LogP contribution in [-0.2, 0) is 4.79 Å². The molecule has 0 bridgehead atoms. The van der Waals surface area contributed by atoms with Crippen LogP contribution in [0.4, 0.5) is 5.69 Å². The molecule has 1 heterocycles. The number of nitrogens with two attached hydrogens (primary N) is 1. The number of hydrogen-bond acceptors (Lipinski definition) is 2. The van der Waals surface area contributed by atoms with Gasteiger partial charge in [-0.25, -0.2) is 0 Å². The number of halogens is 2. The fraction of sp³-hybridized carbons (Fsp3) is 0.364. The van der Waals surface area contributed by atoms with Gasteiger partial charge in [0, 0.05) is 28.8 Å². The van der Waals surface area contributed by atoms with Gasteiger partial charge in [-0.15, -0.1) is 0 Å². The minimum Gasteiger partial charge on any atom is -0.371 e. The highest BCUT2D eigenvalue weighted by atomic mass is 35.5. The maximum Gasteiger partial charge on any atom is 0.222 e. The average molecular weight is 259 g/mol. The van der Waals surface area contributed by atoms with Crippen LogP contribution >= 0.6 is 23.2 Å². The Morgan fingerprint density at radius 1 is 1.31 bits per heavy atom. The molecule has 1 amide bonds. The lowest BCUT2D eigenvalue weighted by Crippen LogP contribution is -2.27. The van der Waals surface area contributed by atoms with E-state index in [1.807, 2.05) is 12.1 Å². The Morgan fingerprint density at radius 2 is 1.94 bits per heavy atom. The number of nitrogens with zero attached hydrogens (tertiary/aromatic N) is 1. The first-order chi connectivity index (χ1) is 7.56. The van der Waals surface area contributed by atoms with Gasteiger partial charge in [0.1, 0.15) is 0 Å². The zero-order valence-corrected chi connectivity index (χ0v) is 10.1. The molecule has 1 aliphatic heterocycles. The van der Waals surface area contributed by atoms with Crippen molar-refractivity contribution in [1.82, 2.24) is 0 Å². The van der Waals surface area contributed by atoms with Crippen molar-refractivity contribution in [2.45, 2.75) is 6.42 Å². The van der Waals surface area contributed by atoms with Crippen molar-refractivity contribution in [3.8, 4) is 0 Å². The van der Waals surface area contributed by atoms with E-state index in [-0.39, 0.29) is 11.8 Å². The molecule has 3 nitrogen and oxygen atoms in total. The molecule has 1 aromatic rings. The van der Waals surface area contributed by atoms with Crippen LogP contribution in [0.3, 0.4) is 0 Å². The molecule has 1 saturated heterocycles. The van der Waals surface area contributed by atoms with E-state index in [1.54, 1.807) is 6.07 Å². The number of hydrogen-bond donors (Lipinski definition) is 1. The molecule has 1 aromatic carbocycles. The molecule has 0 aliphatic carbocycles. The van der Waals surface area contributed by atoms with Gasteiger partial charge in [0.25, 0.3) is 0 Å². The van der Waals surface area contributed by atoms with Crippen LogP contribution in [0.1, 0.15) is 6.42 Å². The van der Waals surface area contributed by atoms with Crippen molar-refractivity contribution < 1.29 is 4.79 Å². The number of primary amides is 1. The zero-order valence-electron chi connectivity index (χ0n) is 8.62. The molecular formula is C11H12Cl2N2O. The van der Waals surface area contributed by atoms with E-state index in [1.165, 1.54) is 0 Å². The first-order valence-electron chi connectivity index (χ1n) is 5.06. The van der Waals surface area contributed by atoms with Crippen LogP contribution in [-0.4, -0.2) is 19.0 Å². The summed E-state index contributed by atoms with van der Waals surface area (Å²) in [6, 6.07) is 5.38. The third kappa shape index (κ3) is 2.42. The molecule has 2 N–H and O–H groups in total. The van der Waals surface area contributed by atoms with Gasteiger partial charge in [-0.2, -0.15) is 0 Å². The highest BCUT2D eigenvalue weighted by Crippen LogP contribution is 2.29. The van der Waals surface area contributed by atoms with Crippen LogP contribution in [0.2, 0.25) is 10.0 Å². The van der Waals surface area contributed by atoms with Gasteiger partial charge in [0.05, 0.1) is 5.92 Å². The van der Waals surface area contributed by atoms with Gasteiger partial charge in [-0.05, 0) is 24.6 Å². The predicted octanol–water partition coefficient (Wildman–Crippen LogP) is 2.31. The monoisotopic (exact) mass is 258 g/mol. The summed E-state index contributed by atoms with van der Waals surface area (Å²) in [7, 11) is 0. The summed E-state index contributed by atoms with van der Waals surface area (Å²) in [5.74, 6) is -0.312. The van der Waals surface area contributed by atoms with E-state index in [0.29, 0.717) is 16.6 Å². The van der Waals surface area contributed by atoms with Crippen LogP contribution in [0.25, 0.3) is 0 Å². The second-order valence-corrected chi connectivity index (χ2v) is 4.83. The molecule has 86 valence electrons. The fourth-order valence-electron chi connectivity index (χ4n) is 1.95. The quantitative estimate of drug-likeness (QED) is 0.885. The molecule has 16 heavy (non-hydrogen) atoms. The molecule has 5 heteroatoms. The summed E-state index contributed by atoms with van der Waals surface area (Å²) in [5.41, 5.74) is 6.23. The lowest BCUT2D eigenvalue weighted by molar-refractivity contribution is -0.121. The van der Waals surface area contributed by atoms with E-state index >= 15 is 0 Å². The normalized spacial score (nSPS) is 20.1. The predicted molar refractivity (Wildman–Crippen MR) is 66.0 cm³/mol.